The topological polar surface area (TPSA) is 53.1 Å². The second-order valence-corrected chi connectivity index (χ2v) is 6.02. The summed E-state index contributed by atoms with van der Waals surface area (Å²) in [6.07, 6.45) is 3.14. The number of aromatic nitrogens is 3. The zero-order chi connectivity index (χ0) is 16.6. The Bertz CT molecular complexity index is 1020. The Balaban J connectivity index is 1.50. The summed E-state index contributed by atoms with van der Waals surface area (Å²) in [5.74, 6) is 1.60. The fraction of sp³-hybridized carbons (Fsp3) is 0.100. The zero-order valence-electron chi connectivity index (χ0n) is 13.4. The first-order chi connectivity index (χ1) is 12.4. The fourth-order valence-corrected chi connectivity index (χ4v) is 3.10. The van der Waals surface area contributed by atoms with Gasteiger partial charge in [0.1, 0.15) is 12.4 Å². The zero-order valence-corrected chi connectivity index (χ0v) is 13.4. The quantitative estimate of drug-likeness (QED) is 0.554. The van der Waals surface area contributed by atoms with Gasteiger partial charge < -0.3 is 9.15 Å². The molecule has 122 valence electrons. The smallest absolute Gasteiger partial charge is 0.181 e. The Hall–Kier alpha value is -3.34. The van der Waals surface area contributed by atoms with Gasteiger partial charge in [-0.3, -0.25) is 4.68 Å². The van der Waals surface area contributed by atoms with Crippen molar-refractivity contribution in [2.24, 2.45) is 0 Å². The van der Waals surface area contributed by atoms with Gasteiger partial charge in [-0.05, 0) is 12.1 Å². The van der Waals surface area contributed by atoms with Gasteiger partial charge in [0.25, 0.3) is 0 Å². The van der Waals surface area contributed by atoms with Crippen LogP contribution in [0, 0.1) is 0 Å². The molecule has 3 heterocycles. The molecule has 0 radical (unpaired) electrons. The van der Waals surface area contributed by atoms with E-state index < -0.39 is 0 Å². The van der Waals surface area contributed by atoms with Crippen LogP contribution in [0.4, 0.5) is 0 Å². The molecule has 1 aliphatic rings. The van der Waals surface area contributed by atoms with E-state index in [1.807, 2.05) is 35.0 Å². The van der Waals surface area contributed by atoms with Crippen molar-refractivity contribution in [1.82, 2.24) is 14.8 Å². The Morgan fingerprint density at radius 3 is 2.72 bits per heavy atom. The predicted octanol–water partition coefficient (Wildman–Crippen LogP) is 4.15. The number of ether oxygens (including phenoxy) is 1. The van der Waals surface area contributed by atoms with Gasteiger partial charge in [0.2, 0.25) is 0 Å². The van der Waals surface area contributed by atoms with Crippen LogP contribution in [0.5, 0.6) is 5.75 Å². The van der Waals surface area contributed by atoms with Gasteiger partial charge >= 0.3 is 0 Å². The lowest BCUT2D eigenvalue weighted by Crippen LogP contribution is -2.03. The summed E-state index contributed by atoms with van der Waals surface area (Å²) in [4.78, 5) is 3.97. The molecular weight excluding hydrogens is 314 g/mol. The van der Waals surface area contributed by atoms with Crippen LogP contribution in [0.1, 0.15) is 11.3 Å². The molecule has 0 N–H and O–H groups in total. The van der Waals surface area contributed by atoms with Gasteiger partial charge in [-0.2, -0.15) is 5.10 Å². The molecule has 2 aromatic carbocycles. The van der Waals surface area contributed by atoms with Crippen LogP contribution in [0.25, 0.3) is 22.6 Å². The normalized spacial score (nSPS) is 12.8. The lowest BCUT2D eigenvalue weighted by atomic mass is 10.1. The Kier molecular flexibility index (Phi) is 3.16. The average molecular weight is 329 g/mol. The van der Waals surface area contributed by atoms with E-state index >= 15 is 0 Å². The van der Waals surface area contributed by atoms with Crippen molar-refractivity contribution >= 4 is 0 Å². The van der Waals surface area contributed by atoms with Crippen molar-refractivity contribution in [2.75, 3.05) is 0 Å². The standard InChI is InChI=1S/C20H15N3O2/c1-2-4-14(5-3-1)18-9-17-12-24-19-8-15(20-10-21-13-25-20)6-7-16(19)11-23(17)22-18/h1-10,13H,11-12H2. The van der Waals surface area contributed by atoms with Crippen LogP contribution in [0.2, 0.25) is 0 Å². The number of nitrogens with zero attached hydrogens (tertiary/aromatic N) is 3. The van der Waals surface area contributed by atoms with Crippen LogP contribution in [0.3, 0.4) is 0 Å². The number of hydrogen-bond donors (Lipinski definition) is 0. The molecule has 0 spiro atoms. The minimum atomic E-state index is 0.493. The van der Waals surface area contributed by atoms with E-state index in [1.54, 1.807) is 6.20 Å². The minimum absolute atomic E-state index is 0.493. The molecule has 5 nitrogen and oxygen atoms in total. The van der Waals surface area contributed by atoms with E-state index in [-0.39, 0.29) is 0 Å². The highest BCUT2D eigenvalue weighted by Gasteiger charge is 2.18. The molecule has 2 aromatic heterocycles. The third-order valence-corrected chi connectivity index (χ3v) is 4.41. The molecule has 5 rings (SSSR count). The summed E-state index contributed by atoms with van der Waals surface area (Å²) in [6.45, 7) is 1.18. The van der Waals surface area contributed by atoms with Crippen LogP contribution in [0.15, 0.2) is 71.6 Å². The molecule has 1 aliphatic heterocycles. The van der Waals surface area contributed by atoms with Crippen LogP contribution in [-0.4, -0.2) is 14.8 Å². The van der Waals surface area contributed by atoms with Crippen molar-refractivity contribution in [3.8, 4) is 28.3 Å². The molecule has 0 aliphatic carbocycles. The maximum absolute atomic E-state index is 6.04. The van der Waals surface area contributed by atoms with Crippen molar-refractivity contribution in [3.05, 3.63) is 78.4 Å². The third-order valence-electron chi connectivity index (χ3n) is 4.41. The SMILES string of the molecule is c1ccc(-c2cc3n(n2)Cc2ccc(-c4cnco4)cc2OC3)cc1. The first kappa shape index (κ1) is 14.0. The lowest BCUT2D eigenvalue weighted by Gasteiger charge is -2.08. The summed E-state index contributed by atoms with van der Waals surface area (Å²) in [5.41, 5.74) is 5.21. The molecule has 0 unspecified atom stereocenters. The van der Waals surface area contributed by atoms with Crippen LogP contribution in [-0.2, 0) is 13.2 Å². The molecule has 25 heavy (non-hydrogen) atoms. The minimum Gasteiger partial charge on any atom is -0.487 e. The summed E-state index contributed by atoms with van der Waals surface area (Å²) >= 11 is 0. The van der Waals surface area contributed by atoms with E-state index in [0.29, 0.717) is 13.2 Å². The highest BCUT2D eigenvalue weighted by Crippen LogP contribution is 2.31. The van der Waals surface area contributed by atoms with Gasteiger partial charge in [-0.15, -0.1) is 0 Å². The van der Waals surface area contributed by atoms with E-state index in [2.05, 4.69) is 29.2 Å². The van der Waals surface area contributed by atoms with Gasteiger partial charge in [-0.25, -0.2) is 4.98 Å². The molecule has 0 atom stereocenters. The maximum atomic E-state index is 6.04. The Morgan fingerprint density at radius 1 is 0.960 bits per heavy atom. The number of benzene rings is 2. The van der Waals surface area contributed by atoms with Crippen molar-refractivity contribution < 1.29 is 9.15 Å². The first-order valence-corrected chi connectivity index (χ1v) is 8.13. The second-order valence-electron chi connectivity index (χ2n) is 6.02. The molecule has 0 bridgehead atoms. The number of oxazole rings is 1. The van der Waals surface area contributed by atoms with Gasteiger partial charge in [-0.1, -0.05) is 42.5 Å². The lowest BCUT2D eigenvalue weighted by molar-refractivity contribution is 0.302. The van der Waals surface area contributed by atoms with E-state index in [4.69, 9.17) is 14.3 Å². The van der Waals surface area contributed by atoms with Gasteiger partial charge in [0, 0.05) is 16.7 Å². The first-order valence-electron chi connectivity index (χ1n) is 8.13. The molecule has 0 saturated heterocycles. The molecule has 0 amide bonds. The average Bonchev–Trinajstić information content (AvgIpc) is 3.29. The van der Waals surface area contributed by atoms with Crippen molar-refractivity contribution in [2.45, 2.75) is 13.2 Å². The summed E-state index contributed by atoms with van der Waals surface area (Å²) in [7, 11) is 0. The highest BCUT2D eigenvalue weighted by atomic mass is 16.5. The molecular formula is C20H15N3O2. The Labute approximate surface area is 144 Å². The summed E-state index contributed by atoms with van der Waals surface area (Å²) < 4.78 is 13.4. The third kappa shape index (κ3) is 2.50. The summed E-state index contributed by atoms with van der Waals surface area (Å²) in [5, 5.41) is 4.76. The number of hydrogen-bond acceptors (Lipinski definition) is 4. The Morgan fingerprint density at radius 2 is 1.88 bits per heavy atom. The second kappa shape index (κ2) is 5.63. The number of fused-ring (bicyclic) bond motifs is 2. The fourth-order valence-electron chi connectivity index (χ4n) is 3.10. The van der Waals surface area contributed by atoms with Gasteiger partial charge in [0.05, 0.1) is 24.1 Å². The highest BCUT2D eigenvalue weighted by molar-refractivity contribution is 5.61. The molecule has 5 heteroatoms. The van der Waals surface area contributed by atoms with E-state index in [0.717, 1.165) is 39.6 Å². The van der Waals surface area contributed by atoms with Crippen molar-refractivity contribution in [3.63, 3.8) is 0 Å². The van der Waals surface area contributed by atoms with Crippen molar-refractivity contribution in [1.29, 1.82) is 0 Å². The molecule has 0 saturated carbocycles. The van der Waals surface area contributed by atoms with Crippen LogP contribution >= 0.6 is 0 Å². The van der Waals surface area contributed by atoms with E-state index in [9.17, 15) is 0 Å². The van der Waals surface area contributed by atoms with E-state index in [1.165, 1.54) is 6.39 Å². The predicted molar refractivity (Wildman–Crippen MR) is 93.0 cm³/mol. The monoisotopic (exact) mass is 329 g/mol. The van der Waals surface area contributed by atoms with Gasteiger partial charge in [0.15, 0.2) is 12.2 Å². The molecule has 0 fully saturated rings. The maximum Gasteiger partial charge on any atom is 0.181 e. The summed E-state index contributed by atoms with van der Waals surface area (Å²) in [6, 6.07) is 18.4. The molecule has 4 aromatic rings. The number of rotatable bonds is 2. The van der Waals surface area contributed by atoms with Crippen LogP contribution < -0.4 is 4.74 Å². The largest absolute Gasteiger partial charge is 0.487 e.